The van der Waals surface area contributed by atoms with Gasteiger partial charge in [0.15, 0.2) is 0 Å². The number of carbonyl (C=O) groups is 3. The molecule has 3 aromatic rings. The fraction of sp³-hybridized carbons (Fsp3) is 0.343. The van der Waals surface area contributed by atoms with Gasteiger partial charge >= 0.3 is 12.2 Å². The lowest BCUT2D eigenvalue weighted by Crippen LogP contribution is -2.65. The molecule has 3 aliphatic rings. The fourth-order valence-corrected chi connectivity index (χ4v) is 6.93. The summed E-state index contributed by atoms with van der Waals surface area (Å²) < 4.78 is 12.6. The van der Waals surface area contributed by atoms with Crippen LogP contribution in [-0.2, 0) is 11.2 Å². The summed E-state index contributed by atoms with van der Waals surface area (Å²) in [7, 11) is 0. The van der Waals surface area contributed by atoms with Gasteiger partial charge in [0.2, 0.25) is 0 Å². The van der Waals surface area contributed by atoms with E-state index in [4.69, 9.17) is 21.1 Å². The minimum Gasteiger partial charge on any atom is -0.490 e. The van der Waals surface area contributed by atoms with Crippen molar-refractivity contribution in [3.05, 3.63) is 99.0 Å². The zero-order valence-electron chi connectivity index (χ0n) is 25.6. The first kappa shape index (κ1) is 32.7. The number of hydrogen-bond donors (Lipinski definition) is 2. The van der Waals surface area contributed by atoms with E-state index in [1.54, 1.807) is 0 Å². The average Bonchev–Trinajstić information content (AvgIpc) is 3.89. The number of fused-ring (bicyclic) bond motifs is 2. The summed E-state index contributed by atoms with van der Waals surface area (Å²) >= 11 is 9.83. The Morgan fingerprint density at radius 2 is 1.51 bits per heavy atom. The molecular formula is C35H35BrClN3O7. The van der Waals surface area contributed by atoms with E-state index in [1.165, 1.54) is 9.80 Å². The Balaban J connectivity index is 1.27. The van der Waals surface area contributed by atoms with Gasteiger partial charge in [-0.1, -0.05) is 57.9 Å². The Morgan fingerprint density at radius 3 is 2.11 bits per heavy atom. The van der Waals surface area contributed by atoms with Crippen LogP contribution < -0.4 is 9.47 Å². The van der Waals surface area contributed by atoms with E-state index in [0.717, 1.165) is 39.8 Å². The molecule has 0 unspecified atom stereocenters. The van der Waals surface area contributed by atoms with Crippen LogP contribution in [0.15, 0.2) is 82.8 Å². The van der Waals surface area contributed by atoms with E-state index in [-0.39, 0.29) is 31.5 Å². The van der Waals surface area contributed by atoms with Crippen LogP contribution in [0.3, 0.4) is 0 Å². The largest absolute Gasteiger partial charge is 0.490 e. The highest BCUT2D eigenvalue weighted by Crippen LogP contribution is 2.41. The fourth-order valence-electron chi connectivity index (χ4n) is 6.43. The van der Waals surface area contributed by atoms with Crippen molar-refractivity contribution in [1.82, 2.24) is 14.7 Å². The van der Waals surface area contributed by atoms with E-state index in [0.29, 0.717) is 42.5 Å². The summed E-state index contributed by atoms with van der Waals surface area (Å²) in [5, 5.41) is 20.8. The molecule has 0 spiro atoms. The number of ether oxygens (including phenoxy) is 2. The third-order valence-corrected chi connectivity index (χ3v) is 9.74. The van der Waals surface area contributed by atoms with Crippen molar-refractivity contribution in [1.29, 1.82) is 0 Å². The van der Waals surface area contributed by atoms with Gasteiger partial charge in [0, 0.05) is 40.7 Å². The molecule has 2 aliphatic heterocycles. The van der Waals surface area contributed by atoms with E-state index < -0.39 is 24.3 Å². The maximum Gasteiger partial charge on any atom is 0.408 e. The molecule has 1 aliphatic carbocycles. The third kappa shape index (κ3) is 7.52. The van der Waals surface area contributed by atoms with Crippen LogP contribution in [0.4, 0.5) is 9.59 Å². The molecule has 3 amide bonds. The second-order valence-electron chi connectivity index (χ2n) is 11.9. The van der Waals surface area contributed by atoms with Gasteiger partial charge in [-0.2, -0.15) is 0 Å². The summed E-state index contributed by atoms with van der Waals surface area (Å²) in [6.07, 6.45) is 0.148. The monoisotopic (exact) mass is 723 g/mol. The summed E-state index contributed by atoms with van der Waals surface area (Å²) in [6.45, 7) is 0.997. The maximum absolute atomic E-state index is 14.6. The minimum atomic E-state index is -1.17. The van der Waals surface area contributed by atoms with Gasteiger partial charge in [0.25, 0.3) is 5.91 Å². The smallest absolute Gasteiger partial charge is 0.408 e. The van der Waals surface area contributed by atoms with E-state index in [1.807, 2.05) is 77.7 Å². The number of carboxylic acid groups (broad SMARTS) is 2. The maximum atomic E-state index is 14.6. The van der Waals surface area contributed by atoms with Crippen molar-refractivity contribution in [2.24, 2.45) is 0 Å². The number of rotatable bonds is 11. The molecule has 6 rings (SSSR count). The Morgan fingerprint density at radius 1 is 0.872 bits per heavy atom. The number of nitrogens with zero attached hydrogens (tertiary/aromatic N) is 3. The second-order valence-corrected chi connectivity index (χ2v) is 13.2. The standard InChI is InChI=1S/C35H35BrClN3O7/c36-24-7-13-28(14-8-24)47-18-17-46-27-11-5-22(6-12-27)29-19-26-20-38(34(42)43)21-31(40(26)35(44)45)32(29)33(41)39(25-9-10-25)16-15-23-3-1-2-4-30(23)37/h1-8,11-14,25-26,31H,9-10,15-21H2,(H,42,43)(H,44,45)/t26-,31-/m1/s1. The van der Waals surface area contributed by atoms with Crippen LogP contribution in [0, 0.1) is 0 Å². The molecule has 47 heavy (non-hydrogen) atoms. The molecule has 1 saturated heterocycles. The van der Waals surface area contributed by atoms with Gasteiger partial charge in [0.1, 0.15) is 24.7 Å². The van der Waals surface area contributed by atoms with Crippen LogP contribution >= 0.6 is 27.5 Å². The summed E-state index contributed by atoms with van der Waals surface area (Å²) in [6, 6.07) is 20.9. The number of halogens is 2. The molecule has 2 atom stereocenters. The predicted molar refractivity (Wildman–Crippen MR) is 180 cm³/mol. The topological polar surface area (TPSA) is 120 Å². The predicted octanol–water partition coefficient (Wildman–Crippen LogP) is 6.66. The van der Waals surface area contributed by atoms with Crippen LogP contribution in [0.2, 0.25) is 5.02 Å². The van der Waals surface area contributed by atoms with Crippen molar-refractivity contribution >= 4 is 51.2 Å². The normalized spacial score (nSPS) is 18.9. The van der Waals surface area contributed by atoms with Crippen LogP contribution in [0.1, 0.15) is 30.4 Å². The zero-order chi connectivity index (χ0) is 33.1. The van der Waals surface area contributed by atoms with Gasteiger partial charge in [-0.25, -0.2) is 9.59 Å². The molecule has 10 nitrogen and oxygen atoms in total. The van der Waals surface area contributed by atoms with Gasteiger partial charge < -0.3 is 29.5 Å². The summed E-state index contributed by atoms with van der Waals surface area (Å²) in [4.78, 5) is 43.6. The lowest BCUT2D eigenvalue weighted by Gasteiger charge is -2.49. The molecule has 2 fully saturated rings. The van der Waals surface area contributed by atoms with E-state index in [2.05, 4.69) is 15.9 Å². The molecule has 12 heteroatoms. The van der Waals surface area contributed by atoms with Gasteiger partial charge in [-0.3, -0.25) is 9.69 Å². The van der Waals surface area contributed by atoms with Crippen LogP contribution in [0.25, 0.3) is 5.57 Å². The molecule has 1 saturated carbocycles. The van der Waals surface area contributed by atoms with E-state index in [9.17, 15) is 24.6 Å². The number of piperazine rings is 1. The molecule has 2 N–H and O–H groups in total. The number of benzene rings is 3. The summed E-state index contributed by atoms with van der Waals surface area (Å²) in [5.74, 6) is 1.10. The van der Waals surface area contributed by atoms with Crippen molar-refractivity contribution in [3.63, 3.8) is 0 Å². The second kappa shape index (κ2) is 14.3. The zero-order valence-corrected chi connectivity index (χ0v) is 27.9. The first-order valence-corrected chi connectivity index (χ1v) is 16.7. The van der Waals surface area contributed by atoms with Crippen molar-refractivity contribution in [2.75, 3.05) is 32.8 Å². The highest BCUT2D eigenvalue weighted by molar-refractivity contribution is 9.10. The van der Waals surface area contributed by atoms with E-state index >= 15 is 0 Å². The van der Waals surface area contributed by atoms with Gasteiger partial charge in [-0.15, -0.1) is 0 Å². The Kier molecular flexibility index (Phi) is 9.93. The number of amides is 3. The lowest BCUT2D eigenvalue weighted by atomic mass is 9.81. The SMILES string of the molecule is O=C(O)N1C[C@H]2CC(c3ccc(OCCOc4ccc(Br)cc4)cc3)=C(C(=O)N(CCc3ccccc3Cl)C3CC3)[C@@H](C1)N2C(=O)O. The lowest BCUT2D eigenvalue weighted by molar-refractivity contribution is -0.128. The highest BCUT2D eigenvalue weighted by atomic mass is 79.9. The van der Waals surface area contributed by atoms with Crippen molar-refractivity contribution in [2.45, 2.75) is 43.8 Å². The Hall–Kier alpha value is -4.22. The molecular weight excluding hydrogens is 690 g/mol. The van der Waals surface area contributed by atoms with Crippen molar-refractivity contribution < 1.29 is 34.1 Å². The average molecular weight is 725 g/mol. The third-order valence-electron chi connectivity index (χ3n) is 8.84. The Labute approximate surface area is 286 Å². The first-order chi connectivity index (χ1) is 22.7. The number of hydrogen-bond acceptors (Lipinski definition) is 5. The van der Waals surface area contributed by atoms with Crippen molar-refractivity contribution in [3.8, 4) is 11.5 Å². The Bertz CT molecular complexity index is 1660. The minimum absolute atomic E-state index is 0.0293. The highest BCUT2D eigenvalue weighted by Gasteiger charge is 2.49. The molecule has 2 bridgehead atoms. The quantitative estimate of drug-likeness (QED) is 0.212. The molecule has 0 aromatic heterocycles. The molecule has 3 aromatic carbocycles. The van der Waals surface area contributed by atoms with Gasteiger partial charge in [0.05, 0.1) is 12.1 Å². The van der Waals surface area contributed by atoms with Crippen LogP contribution in [0.5, 0.6) is 11.5 Å². The molecule has 246 valence electrons. The molecule has 2 heterocycles. The number of carbonyl (C=O) groups excluding carboxylic acids is 1. The summed E-state index contributed by atoms with van der Waals surface area (Å²) in [5.41, 5.74) is 2.76. The van der Waals surface area contributed by atoms with Crippen LogP contribution in [-0.4, -0.2) is 94.0 Å². The molecule has 0 radical (unpaired) electrons. The van der Waals surface area contributed by atoms with Gasteiger partial charge in [-0.05, 0) is 84.8 Å². The first-order valence-electron chi connectivity index (χ1n) is 15.6.